The molecule has 42 heavy (non-hydrogen) atoms. The van der Waals surface area contributed by atoms with E-state index in [0.29, 0.717) is 18.2 Å². The van der Waals surface area contributed by atoms with E-state index in [0.717, 1.165) is 86.7 Å². The van der Waals surface area contributed by atoms with Gasteiger partial charge in [-0.05, 0) is 69.9 Å². The minimum atomic E-state index is -0.0528. The van der Waals surface area contributed by atoms with Crippen LogP contribution in [0, 0.1) is 0 Å². The molecule has 0 radical (unpaired) electrons. The maximum atomic E-state index is 13.3. The molecule has 6 rings (SSSR count). The standard InChI is InChI=1S/C34H45N7O/c1-2-41-33-27(23-38-41)32(39-24-14-6-5-7-15-24)28(22-37-33)34(42)36-21-13-4-3-12-20-35-31-25-16-8-10-18-29(25)40-30-19-11-9-17-26(30)31/h8,10,16,18,22-24H,2-7,9,11-15,17,19-21H2,1H3,(H,35,40)(H,36,42)(H,37,39). The molecular weight excluding hydrogens is 522 g/mol. The highest BCUT2D eigenvalue weighted by atomic mass is 16.1. The number of pyridine rings is 2. The second-order valence-corrected chi connectivity index (χ2v) is 12.0. The van der Waals surface area contributed by atoms with Crippen LogP contribution in [0.3, 0.4) is 0 Å². The first kappa shape index (κ1) is 28.4. The average molecular weight is 568 g/mol. The predicted octanol–water partition coefficient (Wildman–Crippen LogP) is 7.03. The van der Waals surface area contributed by atoms with Crippen LogP contribution >= 0.6 is 0 Å². The average Bonchev–Trinajstić information content (AvgIpc) is 3.46. The van der Waals surface area contributed by atoms with Gasteiger partial charge in [-0.2, -0.15) is 5.10 Å². The third-order valence-corrected chi connectivity index (χ3v) is 9.02. The SMILES string of the molecule is CCn1ncc2c(NC3CCCCC3)c(C(=O)NCCCCCCNc3c4c(nc5ccccc35)CCCC4)cnc21. The summed E-state index contributed by atoms with van der Waals surface area (Å²) in [5.41, 5.74) is 7.46. The normalized spacial score (nSPS) is 15.5. The van der Waals surface area contributed by atoms with Crippen LogP contribution in [-0.4, -0.2) is 44.8 Å². The van der Waals surface area contributed by atoms with Gasteiger partial charge in [0.05, 0.1) is 28.4 Å². The van der Waals surface area contributed by atoms with Crippen LogP contribution in [0.4, 0.5) is 11.4 Å². The number of rotatable bonds is 12. The zero-order valence-electron chi connectivity index (χ0n) is 25.1. The Labute approximate surface area is 249 Å². The molecule has 0 spiro atoms. The van der Waals surface area contributed by atoms with E-state index in [1.54, 1.807) is 6.20 Å². The van der Waals surface area contributed by atoms with Crippen molar-refractivity contribution in [1.29, 1.82) is 0 Å². The molecule has 1 saturated carbocycles. The van der Waals surface area contributed by atoms with E-state index in [4.69, 9.17) is 4.98 Å². The van der Waals surface area contributed by atoms with Gasteiger partial charge in [0.2, 0.25) is 0 Å². The second-order valence-electron chi connectivity index (χ2n) is 12.0. The van der Waals surface area contributed by atoms with Crippen molar-refractivity contribution < 1.29 is 4.79 Å². The molecule has 1 aromatic carbocycles. The first-order chi connectivity index (χ1) is 20.7. The number of unbranched alkanes of at least 4 members (excludes halogenated alkanes) is 3. The Morgan fingerprint density at radius 1 is 0.905 bits per heavy atom. The Bertz CT molecular complexity index is 1520. The van der Waals surface area contributed by atoms with Crippen molar-refractivity contribution in [3.63, 3.8) is 0 Å². The monoisotopic (exact) mass is 567 g/mol. The Morgan fingerprint density at radius 2 is 1.71 bits per heavy atom. The molecule has 1 amide bonds. The number of amides is 1. The topological polar surface area (TPSA) is 96.8 Å². The Kier molecular flexibility index (Phi) is 9.16. The number of carbonyl (C=O) groups is 1. The molecule has 0 saturated heterocycles. The lowest BCUT2D eigenvalue weighted by Gasteiger charge is -2.25. The summed E-state index contributed by atoms with van der Waals surface area (Å²) in [6.07, 6.45) is 18.6. The molecular formula is C34H45N7O. The van der Waals surface area contributed by atoms with Gasteiger partial charge in [0, 0.05) is 48.6 Å². The maximum Gasteiger partial charge on any atom is 0.254 e. The summed E-state index contributed by atoms with van der Waals surface area (Å²) in [5, 5.41) is 17.3. The molecule has 3 heterocycles. The van der Waals surface area contributed by atoms with E-state index in [2.05, 4.69) is 57.2 Å². The molecule has 1 fully saturated rings. The van der Waals surface area contributed by atoms with E-state index in [-0.39, 0.29) is 5.91 Å². The molecule has 222 valence electrons. The van der Waals surface area contributed by atoms with Gasteiger partial charge in [-0.3, -0.25) is 9.78 Å². The molecule has 2 aliphatic carbocycles. The van der Waals surface area contributed by atoms with E-state index in [1.807, 2.05) is 10.9 Å². The largest absolute Gasteiger partial charge is 0.384 e. The Hall–Kier alpha value is -3.68. The van der Waals surface area contributed by atoms with Crippen molar-refractivity contribution in [3.05, 3.63) is 53.5 Å². The summed E-state index contributed by atoms with van der Waals surface area (Å²) >= 11 is 0. The van der Waals surface area contributed by atoms with Crippen LogP contribution in [0.1, 0.15) is 99.2 Å². The van der Waals surface area contributed by atoms with E-state index < -0.39 is 0 Å². The lowest BCUT2D eigenvalue weighted by atomic mass is 9.92. The summed E-state index contributed by atoms with van der Waals surface area (Å²) < 4.78 is 1.89. The number of nitrogens with one attached hydrogen (secondary N) is 3. The number of fused-ring (bicyclic) bond motifs is 3. The fraction of sp³-hybridized carbons (Fsp3) is 0.529. The van der Waals surface area contributed by atoms with Crippen molar-refractivity contribution >= 4 is 39.2 Å². The van der Waals surface area contributed by atoms with Gasteiger partial charge < -0.3 is 16.0 Å². The van der Waals surface area contributed by atoms with Crippen LogP contribution in [0.5, 0.6) is 0 Å². The highest BCUT2D eigenvalue weighted by molar-refractivity contribution is 6.06. The summed E-state index contributed by atoms with van der Waals surface area (Å²) in [6, 6.07) is 8.91. The number of aromatic nitrogens is 4. The fourth-order valence-corrected chi connectivity index (χ4v) is 6.73. The van der Waals surface area contributed by atoms with Crippen molar-refractivity contribution in [3.8, 4) is 0 Å². The minimum Gasteiger partial charge on any atom is -0.384 e. The van der Waals surface area contributed by atoms with Crippen molar-refractivity contribution in [2.75, 3.05) is 23.7 Å². The third-order valence-electron chi connectivity index (χ3n) is 9.02. The first-order valence-corrected chi connectivity index (χ1v) is 16.3. The Balaban J connectivity index is 1.00. The quantitative estimate of drug-likeness (QED) is 0.159. The molecule has 8 heteroatoms. The molecule has 0 atom stereocenters. The number of carbonyl (C=O) groups excluding carboxylic acids is 1. The molecule has 3 N–H and O–H groups in total. The van der Waals surface area contributed by atoms with Crippen molar-refractivity contribution in [2.45, 2.75) is 103 Å². The van der Waals surface area contributed by atoms with Gasteiger partial charge in [0.25, 0.3) is 5.91 Å². The van der Waals surface area contributed by atoms with Crippen LogP contribution in [0.25, 0.3) is 21.9 Å². The van der Waals surface area contributed by atoms with Crippen LogP contribution in [0.2, 0.25) is 0 Å². The second kappa shape index (κ2) is 13.5. The molecule has 2 aliphatic rings. The van der Waals surface area contributed by atoms with E-state index >= 15 is 0 Å². The lowest BCUT2D eigenvalue weighted by Crippen LogP contribution is -2.28. The molecule has 3 aromatic heterocycles. The summed E-state index contributed by atoms with van der Waals surface area (Å²) in [5.74, 6) is -0.0528. The summed E-state index contributed by atoms with van der Waals surface area (Å²) in [4.78, 5) is 22.9. The number of hydrogen-bond acceptors (Lipinski definition) is 6. The Morgan fingerprint density at radius 3 is 2.57 bits per heavy atom. The smallest absolute Gasteiger partial charge is 0.254 e. The van der Waals surface area contributed by atoms with E-state index in [9.17, 15) is 4.79 Å². The van der Waals surface area contributed by atoms with Crippen molar-refractivity contribution in [2.24, 2.45) is 0 Å². The van der Waals surface area contributed by atoms with Crippen LogP contribution in [0.15, 0.2) is 36.7 Å². The number of aryl methyl sites for hydroxylation is 2. The highest BCUT2D eigenvalue weighted by Crippen LogP contribution is 2.33. The number of benzene rings is 1. The summed E-state index contributed by atoms with van der Waals surface area (Å²) in [6.45, 7) is 4.44. The summed E-state index contributed by atoms with van der Waals surface area (Å²) in [7, 11) is 0. The molecule has 8 nitrogen and oxygen atoms in total. The van der Waals surface area contributed by atoms with Gasteiger partial charge in [-0.15, -0.1) is 0 Å². The molecule has 0 unspecified atom stereocenters. The first-order valence-electron chi connectivity index (χ1n) is 16.3. The highest BCUT2D eigenvalue weighted by Gasteiger charge is 2.22. The minimum absolute atomic E-state index is 0.0528. The van der Waals surface area contributed by atoms with Gasteiger partial charge in [0.15, 0.2) is 5.65 Å². The van der Waals surface area contributed by atoms with Crippen molar-refractivity contribution in [1.82, 2.24) is 25.1 Å². The van der Waals surface area contributed by atoms with E-state index in [1.165, 1.54) is 54.4 Å². The number of nitrogens with zero attached hydrogens (tertiary/aromatic N) is 4. The number of hydrogen-bond donors (Lipinski definition) is 3. The van der Waals surface area contributed by atoms with Crippen LogP contribution < -0.4 is 16.0 Å². The zero-order valence-corrected chi connectivity index (χ0v) is 25.1. The van der Waals surface area contributed by atoms with Gasteiger partial charge in [-0.25, -0.2) is 9.67 Å². The van der Waals surface area contributed by atoms with Gasteiger partial charge >= 0.3 is 0 Å². The number of para-hydroxylation sites is 1. The fourth-order valence-electron chi connectivity index (χ4n) is 6.73. The lowest BCUT2D eigenvalue weighted by molar-refractivity contribution is 0.0953. The maximum absolute atomic E-state index is 13.3. The van der Waals surface area contributed by atoms with Crippen LogP contribution in [-0.2, 0) is 19.4 Å². The molecule has 4 aromatic rings. The molecule has 0 aliphatic heterocycles. The van der Waals surface area contributed by atoms with Gasteiger partial charge in [-0.1, -0.05) is 50.3 Å². The van der Waals surface area contributed by atoms with Gasteiger partial charge in [0.1, 0.15) is 0 Å². The third kappa shape index (κ3) is 6.22. The molecule has 0 bridgehead atoms. The number of anilines is 2. The zero-order chi connectivity index (χ0) is 28.7. The predicted molar refractivity (Wildman–Crippen MR) is 171 cm³/mol.